The van der Waals surface area contributed by atoms with E-state index in [0.29, 0.717) is 0 Å². The first-order chi connectivity index (χ1) is 8.25. The Balaban J connectivity index is 2.11. The molecule has 0 fully saturated rings. The zero-order chi connectivity index (χ0) is 11.8. The van der Waals surface area contributed by atoms with Gasteiger partial charge in [-0.2, -0.15) is 0 Å². The van der Waals surface area contributed by atoms with Crippen molar-refractivity contribution in [1.29, 1.82) is 0 Å². The number of benzene rings is 1. The molecule has 0 atom stereocenters. The molecule has 0 spiro atoms. The Morgan fingerprint density at radius 1 is 1.29 bits per heavy atom. The van der Waals surface area contributed by atoms with E-state index < -0.39 is 0 Å². The zero-order valence-electron chi connectivity index (χ0n) is 9.94. The van der Waals surface area contributed by atoms with E-state index in [0.717, 1.165) is 23.8 Å². The maximum Gasteiger partial charge on any atom is 0.163 e. The van der Waals surface area contributed by atoms with Crippen molar-refractivity contribution >= 4 is 11.8 Å². The quantitative estimate of drug-likeness (QED) is 0.810. The average Bonchev–Trinajstić information content (AvgIpc) is 2.70. The van der Waals surface area contributed by atoms with Crippen LogP contribution in [0.2, 0.25) is 0 Å². The molecule has 0 bridgehead atoms. The highest BCUT2D eigenvalue weighted by atomic mass is 15.3. The van der Waals surface area contributed by atoms with Crippen molar-refractivity contribution in [3.8, 4) is 11.4 Å². The second-order valence-electron chi connectivity index (χ2n) is 4.22. The fraction of sp³-hybridized carbons (Fsp3) is 0.231. The summed E-state index contributed by atoms with van der Waals surface area (Å²) in [6, 6.07) is 6.31. The standard InChI is InChI=1S/C13H14N4/c1-9-15-16-13(17(9)2)11-5-6-12-10(8-11)4-3-7-14-12/h3-6,8,14H,7H2,1-2H3. The van der Waals surface area contributed by atoms with Crippen LogP contribution in [0.5, 0.6) is 0 Å². The number of aryl methyl sites for hydroxylation is 1. The van der Waals surface area contributed by atoms with Gasteiger partial charge in [0.2, 0.25) is 0 Å². The summed E-state index contributed by atoms with van der Waals surface area (Å²) in [6.07, 6.45) is 4.26. The highest BCUT2D eigenvalue weighted by molar-refractivity contribution is 5.75. The third-order valence-corrected chi connectivity index (χ3v) is 3.11. The van der Waals surface area contributed by atoms with Crippen molar-refractivity contribution in [1.82, 2.24) is 14.8 Å². The first-order valence-electron chi connectivity index (χ1n) is 5.66. The Labute approximate surface area is 100.0 Å². The summed E-state index contributed by atoms with van der Waals surface area (Å²) in [5, 5.41) is 11.6. The van der Waals surface area contributed by atoms with E-state index in [9.17, 15) is 0 Å². The molecule has 0 unspecified atom stereocenters. The number of fused-ring (bicyclic) bond motifs is 1. The van der Waals surface area contributed by atoms with Gasteiger partial charge in [0.25, 0.3) is 0 Å². The van der Waals surface area contributed by atoms with Gasteiger partial charge in [0, 0.05) is 24.8 Å². The van der Waals surface area contributed by atoms with Crippen LogP contribution < -0.4 is 5.32 Å². The molecule has 1 aliphatic heterocycles. The van der Waals surface area contributed by atoms with Gasteiger partial charge in [-0.15, -0.1) is 10.2 Å². The third-order valence-electron chi connectivity index (χ3n) is 3.11. The van der Waals surface area contributed by atoms with Gasteiger partial charge in [-0.05, 0) is 30.7 Å². The van der Waals surface area contributed by atoms with E-state index in [1.807, 2.05) is 18.5 Å². The molecule has 1 aliphatic rings. The first kappa shape index (κ1) is 10.1. The maximum absolute atomic E-state index is 4.20. The fourth-order valence-corrected chi connectivity index (χ4v) is 2.01. The smallest absolute Gasteiger partial charge is 0.163 e. The van der Waals surface area contributed by atoms with Crippen LogP contribution in [-0.4, -0.2) is 21.3 Å². The van der Waals surface area contributed by atoms with Gasteiger partial charge in [0.05, 0.1) is 0 Å². The molecule has 0 amide bonds. The zero-order valence-corrected chi connectivity index (χ0v) is 9.94. The molecule has 17 heavy (non-hydrogen) atoms. The molecule has 1 aromatic carbocycles. The summed E-state index contributed by atoms with van der Waals surface area (Å²) in [7, 11) is 1.98. The molecule has 2 aromatic rings. The highest BCUT2D eigenvalue weighted by Gasteiger charge is 2.10. The van der Waals surface area contributed by atoms with Crippen LogP contribution in [0.1, 0.15) is 11.4 Å². The van der Waals surface area contributed by atoms with Crippen LogP contribution in [0.4, 0.5) is 5.69 Å². The van der Waals surface area contributed by atoms with Gasteiger partial charge in [-0.1, -0.05) is 12.2 Å². The van der Waals surface area contributed by atoms with Crippen LogP contribution >= 0.6 is 0 Å². The molecule has 2 heterocycles. The Morgan fingerprint density at radius 2 is 2.18 bits per heavy atom. The van der Waals surface area contributed by atoms with Gasteiger partial charge in [0.1, 0.15) is 5.82 Å². The second kappa shape index (κ2) is 3.73. The lowest BCUT2D eigenvalue weighted by molar-refractivity contribution is 0.865. The van der Waals surface area contributed by atoms with E-state index in [4.69, 9.17) is 0 Å². The van der Waals surface area contributed by atoms with E-state index in [-0.39, 0.29) is 0 Å². The lowest BCUT2D eigenvalue weighted by Gasteiger charge is -2.13. The summed E-state index contributed by atoms with van der Waals surface area (Å²) in [6.45, 7) is 2.85. The molecule has 0 aliphatic carbocycles. The first-order valence-corrected chi connectivity index (χ1v) is 5.66. The van der Waals surface area contributed by atoms with Crippen molar-refractivity contribution in [3.63, 3.8) is 0 Å². The number of aromatic nitrogens is 3. The molecule has 0 saturated heterocycles. The average molecular weight is 226 g/mol. The molecule has 86 valence electrons. The Kier molecular flexibility index (Phi) is 2.21. The van der Waals surface area contributed by atoms with Gasteiger partial charge in [-0.25, -0.2) is 0 Å². The Bertz CT molecular complexity index is 595. The number of nitrogens with zero attached hydrogens (tertiary/aromatic N) is 3. The van der Waals surface area contributed by atoms with Crippen molar-refractivity contribution in [3.05, 3.63) is 35.7 Å². The van der Waals surface area contributed by atoms with Crippen LogP contribution in [0, 0.1) is 6.92 Å². The van der Waals surface area contributed by atoms with Crippen molar-refractivity contribution < 1.29 is 0 Å². The number of hydrogen-bond donors (Lipinski definition) is 1. The van der Waals surface area contributed by atoms with E-state index in [1.165, 1.54) is 11.3 Å². The minimum atomic E-state index is 0.898. The molecule has 4 heteroatoms. The predicted octanol–water partition coefficient (Wildman–Crippen LogP) is 2.23. The molecule has 0 radical (unpaired) electrons. The number of nitrogens with one attached hydrogen (secondary N) is 1. The van der Waals surface area contributed by atoms with Crippen molar-refractivity contribution in [2.45, 2.75) is 6.92 Å². The summed E-state index contributed by atoms with van der Waals surface area (Å²) < 4.78 is 2.00. The lowest BCUT2D eigenvalue weighted by Crippen LogP contribution is -2.04. The van der Waals surface area contributed by atoms with E-state index in [1.54, 1.807) is 0 Å². The van der Waals surface area contributed by atoms with Gasteiger partial charge in [-0.3, -0.25) is 0 Å². The summed E-state index contributed by atoms with van der Waals surface area (Å²) >= 11 is 0. The number of anilines is 1. The maximum atomic E-state index is 4.20. The van der Waals surface area contributed by atoms with Crippen LogP contribution in [0.25, 0.3) is 17.5 Å². The number of hydrogen-bond acceptors (Lipinski definition) is 3. The van der Waals surface area contributed by atoms with Crippen LogP contribution in [0.15, 0.2) is 24.3 Å². The lowest BCUT2D eigenvalue weighted by atomic mass is 10.1. The van der Waals surface area contributed by atoms with Crippen LogP contribution in [0.3, 0.4) is 0 Å². The second-order valence-corrected chi connectivity index (χ2v) is 4.22. The molecule has 1 aromatic heterocycles. The van der Waals surface area contributed by atoms with Gasteiger partial charge in [0.15, 0.2) is 5.82 Å². The molecular weight excluding hydrogens is 212 g/mol. The van der Waals surface area contributed by atoms with Crippen molar-refractivity contribution in [2.24, 2.45) is 7.05 Å². The minimum Gasteiger partial charge on any atom is -0.381 e. The number of rotatable bonds is 1. The molecule has 1 N–H and O–H groups in total. The monoisotopic (exact) mass is 226 g/mol. The largest absolute Gasteiger partial charge is 0.381 e. The molecular formula is C13H14N4. The predicted molar refractivity (Wildman–Crippen MR) is 68.7 cm³/mol. The van der Waals surface area contributed by atoms with E-state index >= 15 is 0 Å². The summed E-state index contributed by atoms with van der Waals surface area (Å²) in [4.78, 5) is 0. The van der Waals surface area contributed by atoms with Crippen molar-refractivity contribution in [2.75, 3.05) is 11.9 Å². The fourth-order valence-electron chi connectivity index (χ4n) is 2.01. The summed E-state index contributed by atoms with van der Waals surface area (Å²) in [5.41, 5.74) is 3.48. The topological polar surface area (TPSA) is 42.7 Å². The van der Waals surface area contributed by atoms with Crippen LogP contribution in [-0.2, 0) is 7.05 Å². The van der Waals surface area contributed by atoms with E-state index in [2.05, 4.69) is 45.9 Å². The normalized spacial score (nSPS) is 13.3. The summed E-state index contributed by atoms with van der Waals surface area (Å²) in [5.74, 6) is 1.83. The molecule has 0 saturated carbocycles. The SMILES string of the molecule is Cc1nnc(-c2ccc3c(c2)C=CCN3)n1C. The minimum absolute atomic E-state index is 0.898. The Morgan fingerprint density at radius 3 is 2.94 bits per heavy atom. The van der Waals surface area contributed by atoms with Gasteiger partial charge >= 0.3 is 0 Å². The van der Waals surface area contributed by atoms with Gasteiger partial charge < -0.3 is 9.88 Å². The highest BCUT2D eigenvalue weighted by Crippen LogP contribution is 2.26. The molecule has 4 nitrogen and oxygen atoms in total. The third kappa shape index (κ3) is 1.62. The Hall–Kier alpha value is -2.10. The molecule has 3 rings (SSSR count).